The first-order chi connectivity index (χ1) is 14.6. The highest BCUT2D eigenvalue weighted by atomic mass is 16.5. The van der Waals surface area contributed by atoms with Crippen LogP contribution in [0.3, 0.4) is 0 Å². The van der Waals surface area contributed by atoms with Crippen molar-refractivity contribution in [2.24, 2.45) is 7.05 Å². The van der Waals surface area contributed by atoms with Crippen LogP contribution < -0.4 is 14.8 Å². The molecular formula is C21H28N6O3. The van der Waals surface area contributed by atoms with Gasteiger partial charge in [-0.1, -0.05) is 0 Å². The lowest BCUT2D eigenvalue weighted by Gasteiger charge is -2.26. The van der Waals surface area contributed by atoms with E-state index in [1.165, 1.54) is 6.33 Å². The van der Waals surface area contributed by atoms with E-state index in [4.69, 9.17) is 14.2 Å². The Labute approximate surface area is 176 Å². The maximum atomic E-state index is 6.03. The van der Waals surface area contributed by atoms with Gasteiger partial charge in [-0.05, 0) is 19.4 Å². The van der Waals surface area contributed by atoms with Crippen molar-refractivity contribution >= 4 is 22.5 Å². The van der Waals surface area contributed by atoms with Gasteiger partial charge in [0.05, 0.1) is 32.4 Å². The largest absolute Gasteiger partial charge is 0.493 e. The number of anilines is 2. The molecule has 1 aliphatic heterocycles. The van der Waals surface area contributed by atoms with Crippen molar-refractivity contribution in [2.45, 2.75) is 13.3 Å². The summed E-state index contributed by atoms with van der Waals surface area (Å²) in [6, 6.07) is 3.81. The van der Waals surface area contributed by atoms with Gasteiger partial charge in [0.25, 0.3) is 0 Å². The molecule has 160 valence electrons. The number of aryl methyl sites for hydroxylation is 2. The van der Waals surface area contributed by atoms with Crippen molar-refractivity contribution in [3.63, 3.8) is 0 Å². The number of benzene rings is 1. The fourth-order valence-electron chi connectivity index (χ4n) is 3.47. The number of morpholine rings is 1. The van der Waals surface area contributed by atoms with Gasteiger partial charge in [0.15, 0.2) is 11.5 Å². The molecule has 1 N–H and O–H groups in total. The average Bonchev–Trinajstić information content (AvgIpc) is 3.08. The number of rotatable bonds is 8. The van der Waals surface area contributed by atoms with Crippen LogP contribution in [0.4, 0.5) is 11.6 Å². The number of imidazole rings is 1. The molecule has 1 aromatic carbocycles. The van der Waals surface area contributed by atoms with E-state index in [9.17, 15) is 0 Å². The van der Waals surface area contributed by atoms with E-state index in [2.05, 4.69) is 25.2 Å². The summed E-state index contributed by atoms with van der Waals surface area (Å²) in [6.07, 6.45) is 4.40. The van der Waals surface area contributed by atoms with Crippen molar-refractivity contribution in [2.75, 3.05) is 51.9 Å². The van der Waals surface area contributed by atoms with Crippen LogP contribution in [0.5, 0.6) is 11.5 Å². The molecule has 0 saturated carbocycles. The molecule has 1 fully saturated rings. The molecule has 3 heterocycles. The zero-order chi connectivity index (χ0) is 20.9. The lowest BCUT2D eigenvalue weighted by molar-refractivity contribution is 0.0357. The Morgan fingerprint density at radius 2 is 2.00 bits per heavy atom. The van der Waals surface area contributed by atoms with Gasteiger partial charge in [0.1, 0.15) is 23.8 Å². The van der Waals surface area contributed by atoms with Crippen LogP contribution in [-0.4, -0.2) is 71.0 Å². The normalized spacial score (nSPS) is 14.8. The van der Waals surface area contributed by atoms with Crippen molar-refractivity contribution in [3.8, 4) is 11.5 Å². The Bertz CT molecular complexity index is 980. The molecule has 2 aromatic heterocycles. The van der Waals surface area contributed by atoms with Crippen LogP contribution in [0.1, 0.15) is 12.2 Å². The molecule has 9 nitrogen and oxygen atoms in total. The highest BCUT2D eigenvalue weighted by Crippen LogP contribution is 2.34. The summed E-state index contributed by atoms with van der Waals surface area (Å²) in [6.45, 7) is 7.17. The second-order valence-corrected chi connectivity index (χ2v) is 7.31. The predicted octanol–water partition coefficient (Wildman–Crippen LogP) is 2.53. The third kappa shape index (κ3) is 4.63. The Morgan fingerprint density at radius 3 is 2.73 bits per heavy atom. The van der Waals surface area contributed by atoms with E-state index in [0.29, 0.717) is 23.9 Å². The molecule has 0 bridgehead atoms. The lowest BCUT2D eigenvalue weighted by Crippen LogP contribution is -2.37. The summed E-state index contributed by atoms with van der Waals surface area (Å²) in [7, 11) is 3.60. The minimum absolute atomic E-state index is 0.614. The summed E-state index contributed by atoms with van der Waals surface area (Å²) in [5.41, 5.74) is 0.782. The molecule has 1 aliphatic rings. The second kappa shape index (κ2) is 9.27. The highest BCUT2D eigenvalue weighted by molar-refractivity contribution is 5.92. The van der Waals surface area contributed by atoms with Gasteiger partial charge < -0.3 is 24.1 Å². The molecule has 1 saturated heterocycles. The van der Waals surface area contributed by atoms with E-state index in [-0.39, 0.29) is 0 Å². The fourth-order valence-corrected chi connectivity index (χ4v) is 3.47. The number of fused-ring (bicyclic) bond motifs is 1. The molecule has 0 amide bonds. The summed E-state index contributed by atoms with van der Waals surface area (Å²) in [4.78, 5) is 15.7. The van der Waals surface area contributed by atoms with E-state index in [1.54, 1.807) is 7.11 Å². The Hall–Kier alpha value is -2.91. The number of methoxy groups -OCH3 is 1. The van der Waals surface area contributed by atoms with Crippen LogP contribution in [0, 0.1) is 6.92 Å². The van der Waals surface area contributed by atoms with Gasteiger partial charge in [0, 0.05) is 44.3 Å². The SMILES string of the molecule is COc1cc2c(Nc3cn(C)c(C)n3)ncnc2cc1OCCCN1CCOCC1. The molecule has 0 unspecified atom stereocenters. The van der Waals surface area contributed by atoms with Crippen LogP contribution in [-0.2, 0) is 11.8 Å². The zero-order valence-electron chi connectivity index (χ0n) is 17.7. The number of nitrogens with zero attached hydrogens (tertiary/aromatic N) is 5. The Kier molecular flexibility index (Phi) is 6.29. The lowest BCUT2D eigenvalue weighted by atomic mass is 10.2. The number of ether oxygens (including phenoxy) is 3. The summed E-state index contributed by atoms with van der Waals surface area (Å²) in [5, 5.41) is 4.12. The molecule has 0 spiro atoms. The minimum atomic E-state index is 0.614. The first-order valence-corrected chi connectivity index (χ1v) is 10.2. The Balaban J connectivity index is 1.47. The molecule has 4 rings (SSSR count). The van der Waals surface area contributed by atoms with Gasteiger partial charge in [-0.25, -0.2) is 15.0 Å². The standard InChI is InChI=1S/C21H28N6O3/c1-15-24-20(13-26(15)2)25-21-16-11-18(28-3)19(12-17(16)22-14-23-21)30-8-4-5-27-6-9-29-10-7-27/h11-14H,4-10H2,1-3H3,(H,22,23,25). The first kappa shape index (κ1) is 20.4. The van der Waals surface area contributed by atoms with Crippen molar-refractivity contribution in [3.05, 3.63) is 30.5 Å². The van der Waals surface area contributed by atoms with Crippen molar-refractivity contribution < 1.29 is 14.2 Å². The molecule has 0 radical (unpaired) electrons. The molecule has 30 heavy (non-hydrogen) atoms. The van der Waals surface area contributed by atoms with Crippen LogP contribution >= 0.6 is 0 Å². The Morgan fingerprint density at radius 1 is 1.17 bits per heavy atom. The maximum Gasteiger partial charge on any atom is 0.163 e. The number of hydrogen-bond acceptors (Lipinski definition) is 8. The average molecular weight is 412 g/mol. The summed E-state index contributed by atoms with van der Waals surface area (Å²) >= 11 is 0. The minimum Gasteiger partial charge on any atom is -0.493 e. The third-order valence-electron chi connectivity index (χ3n) is 5.26. The predicted molar refractivity (Wildman–Crippen MR) is 115 cm³/mol. The van der Waals surface area contributed by atoms with Gasteiger partial charge in [0.2, 0.25) is 0 Å². The summed E-state index contributed by atoms with van der Waals surface area (Å²) in [5.74, 6) is 3.67. The van der Waals surface area contributed by atoms with E-state index in [0.717, 1.165) is 61.8 Å². The molecule has 3 aromatic rings. The molecule has 0 atom stereocenters. The zero-order valence-corrected chi connectivity index (χ0v) is 17.7. The summed E-state index contributed by atoms with van der Waals surface area (Å²) < 4.78 is 18.9. The quantitative estimate of drug-likeness (QED) is 0.565. The second-order valence-electron chi connectivity index (χ2n) is 7.31. The maximum absolute atomic E-state index is 6.03. The van der Waals surface area contributed by atoms with E-state index >= 15 is 0 Å². The number of aromatic nitrogens is 4. The van der Waals surface area contributed by atoms with Crippen LogP contribution in [0.15, 0.2) is 24.7 Å². The van der Waals surface area contributed by atoms with Gasteiger partial charge in [-0.2, -0.15) is 0 Å². The van der Waals surface area contributed by atoms with Crippen LogP contribution in [0.2, 0.25) is 0 Å². The number of hydrogen-bond donors (Lipinski definition) is 1. The van der Waals surface area contributed by atoms with Gasteiger partial charge in [-0.15, -0.1) is 0 Å². The van der Waals surface area contributed by atoms with E-state index in [1.807, 2.05) is 36.9 Å². The fraction of sp³-hybridized carbons (Fsp3) is 0.476. The topological polar surface area (TPSA) is 86.6 Å². The van der Waals surface area contributed by atoms with Gasteiger partial charge >= 0.3 is 0 Å². The molecular weight excluding hydrogens is 384 g/mol. The number of nitrogens with one attached hydrogen (secondary N) is 1. The molecule has 9 heteroatoms. The smallest absolute Gasteiger partial charge is 0.163 e. The van der Waals surface area contributed by atoms with Crippen LogP contribution in [0.25, 0.3) is 10.9 Å². The van der Waals surface area contributed by atoms with Gasteiger partial charge in [-0.3, -0.25) is 4.90 Å². The van der Waals surface area contributed by atoms with Crippen molar-refractivity contribution in [1.82, 2.24) is 24.4 Å². The van der Waals surface area contributed by atoms with E-state index < -0.39 is 0 Å². The monoisotopic (exact) mass is 412 g/mol. The highest BCUT2D eigenvalue weighted by Gasteiger charge is 2.14. The molecule has 0 aliphatic carbocycles. The first-order valence-electron chi connectivity index (χ1n) is 10.2. The third-order valence-corrected chi connectivity index (χ3v) is 5.26. The van der Waals surface area contributed by atoms with Crippen molar-refractivity contribution in [1.29, 1.82) is 0 Å².